The van der Waals surface area contributed by atoms with E-state index in [4.69, 9.17) is 0 Å². The van der Waals surface area contributed by atoms with E-state index in [1.54, 1.807) is 6.07 Å². The van der Waals surface area contributed by atoms with Crippen molar-refractivity contribution in [2.75, 3.05) is 0 Å². The molecule has 0 radical (unpaired) electrons. The summed E-state index contributed by atoms with van der Waals surface area (Å²) < 4.78 is 0. The average Bonchev–Trinajstić information content (AvgIpc) is 2.22. The van der Waals surface area contributed by atoms with Crippen LogP contribution in [0.25, 0.3) is 0 Å². The Morgan fingerprint density at radius 2 is 1.94 bits per heavy atom. The molecule has 1 saturated carbocycles. The highest BCUT2D eigenvalue weighted by Gasteiger charge is 2.45. The molecule has 18 heavy (non-hydrogen) atoms. The molecule has 96 valence electrons. The molecule has 1 aromatic rings. The Labute approximate surface area is 106 Å². The normalized spacial score (nSPS) is 16.8. The van der Waals surface area contributed by atoms with Gasteiger partial charge in [-0.2, -0.15) is 0 Å². The van der Waals surface area contributed by atoms with Crippen molar-refractivity contribution in [1.82, 2.24) is 5.32 Å². The van der Waals surface area contributed by atoms with Crippen LogP contribution in [0.2, 0.25) is 0 Å². The Hall–Kier alpha value is -1.84. The Morgan fingerprint density at radius 3 is 2.39 bits per heavy atom. The molecule has 1 aliphatic carbocycles. The molecule has 1 aliphatic rings. The van der Waals surface area contributed by atoms with E-state index < -0.39 is 11.5 Å². The molecule has 2 rings (SSSR count). The minimum Gasteiger partial charge on any atom is -0.480 e. The van der Waals surface area contributed by atoms with Gasteiger partial charge in [0.1, 0.15) is 5.54 Å². The maximum Gasteiger partial charge on any atom is 0.329 e. The zero-order chi connectivity index (χ0) is 13.3. The van der Waals surface area contributed by atoms with Crippen LogP contribution < -0.4 is 5.32 Å². The zero-order valence-electron chi connectivity index (χ0n) is 10.6. The van der Waals surface area contributed by atoms with Crippen LogP contribution in [-0.2, 0) is 4.79 Å². The molecule has 0 aliphatic heterocycles. The van der Waals surface area contributed by atoms with Crippen molar-refractivity contribution in [2.24, 2.45) is 0 Å². The van der Waals surface area contributed by atoms with Crippen LogP contribution >= 0.6 is 0 Å². The van der Waals surface area contributed by atoms with Gasteiger partial charge >= 0.3 is 5.97 Å². The van der Waals surface area contributed by atoms with Crippen molar-refractivity contribution in [3.05, 3.63) is 34.9 Å². The summed E-state index contributed by atoms with van der Waals surface area (Å²) in [4.78, 5) is 23.3. The number of carbonyl (C=O) groups excluding carboxylic acids is 1. The van der Waals surface area contributed by atoms with Gasteiger partial charge in [-0.3, -0.25) is 4.79 Å². The van der Waals surface area contributed by atoms with Gasteiger partial charge < -0.3 is 10.4 Å². The first-order chi connectivity index (χ1) is 8.44. The third-order valence-electron chi connectivity index (χ3n) is 3.60. The summed E-state index contributed by atoms with van der Waals surface area (Å²) in [6, 6.07) is 5.52. The molecule has 0 atom stereocenters. The van der Waals surface area contributed by atoms with Crippen LogP contribution in [0.1, 0.15) is 40.7 Å². The summed E-state index contributed by atoms with van der Waals surface area (Å²) in [5.74, 6) is -1.23. The van der Waals surface area contributed by atoms with Gasteiger partial charge in [0.05, 0.1) is 0 Å². The Morgan fingerprint density at radius 1 is 1.28 bits per heavy atom. The van der Waals surface area contributed by atoms with Gasteiger partial charge in [-0.15, -0.1) is 0 Å². The SMILES string of the molecule is Cc1ccc(C(=O)NC2(C(=O)O)CCC2)c(C)c1. The van der Waals surface area contributed by atoms with Crippen molar-refractivity contribution >= 4 is 11.9 Å². The molecule has 0 unspecified atom stereocenters. The number of hydrogen-bond donors (Lipinski definition) is 2. The number of rotatable bonds is 3. The molecule has 4 heteroatoms. The minimum atomic E-state index is -1.05. The average molecular weight is 247 g/mol. The van der Waals surface area contributed by atoms with Gasteiger partial charge in [0.25, 0.3) is 5.91 Å². The van der Waals surface area contributed by atoms with Crippen LogP contribution in [0.15, 0.2) is 18.2 Å². The predicted octanol–water partition coefficient (Wildman–Crippen LogP) is 2.04. The van der Waals surface area contributed by atoms with Crippen LogP contribution in [0.5, 0.6) is 0 Å². The molecule has 0 saturated heterocycles. The highest BCUT2D eigenvalue weighted by atomic mass is 16.4. The molecule has 1 aromatic carbocycles. The predicted molar refractivity (Wildman–Crippen MR) is 67.6 cm³/mol. The van der Waals surface area contributed by atoms with Gasteiger partial charge in [0, 0.05) is 5.56 Å². The first-order valence-corrected chi connectivity index (χ1v) is 6.08. The molecule has 0 heterocycles. The Balaban J connectivity index is 2.19. The third kappa shape index (κ3) is 2.10. The van der Waals surface area contributed by atoms with E-state index in [1.807, 2.05) is 26.0 Å². The van der Waals surface area contributed by atoms with Gasteiger partial charge in [0.2, 0.25) is 0 Å². The molecule has 0 spiro atoms. The zero-order valence-corrected chi connectivity index (χ0v) is 10.6. The third-order valence-corrected chi connectivity index (χ3v) is 3.60. The summed E-state index contributed by atoms with van der Waals surface area (Å²) in [5.41, 5.74) is 1.45. The summed E-state index contributed by atoms with van der Waals surface area (Å²) in [7, 11) is 0. The summed E-state index contributed by atoms with van der Waals surface area (Å²) in [5, 5.41) is 11.8. The summed E-state index contributed by atoms with van der Waals surface area (Å²) >= 11 is 0. The Bertz CT molecular complexity index is 504. The fraction of sp³-hybridized carbons (Fsp3) is 0.429. The number of hydrogen-bond acceptors (Lipinski definition) is 2. The second-order valence-electron chi connectivity index (χ2n) is 5.01. The maximum absolute atomic E-state index is 12.1. The minimum absolute atomic E-state index is 0.297. The number of carboxylic acids is 1. The Kier molecular flexibility index (Phi) is 3.11. The van der Waals surface area contributed by atoms with E-state index in [0.29, 0.717) is 18.4 Å². The first-order valence-electron chi connectivity index (χ1n) is 6.08. The van der Waals surface area contributed by atoms with Crippen molar-refractivity contribution < 1.29 is 14.7 Å². The van der Waals surface area contributed by atoms with Crippen molar-refractivity contribution in [3.8, 4) is 0 Å². The van der Waals surface area contributed by atoms with Gasteiger partial charge in [-0.1, -0.05) is 17.7 Å². The highest BCUT2D eigenvalue weighted by Crippen LogP contribution is 2.32. The van der Waals surface area contributed by atoms with Gasteiger partial charge in [-0.05, 0) is 44.7 Å². The van der Waals surface area contributed by atoms with Gasteiger partial charge in [0.15, 0.2) is 0 Å². The first kappa shape index (κ1) is 12.6. The fourth-order valence-corrected chi connectivity index (χ4v) is 2.28. The van der Waals surface area contributed by atoms with Crippen molar-refractivity contribution in [3.63, 3.8) is 0 Å². The second kappa shape index (κ2) is 4.44. The number of nitrogens with one attached hydrogen (secondary N) is 1. The molecule has 1 fully saturated rings. The standard InChI is InChI=1S/C14H17NO3/c1-9-4-5-11(10(2)8-9)12(16)15-14(13(17)18)6-3-7-14/h4-5,8H,3,6-7H2,1-2H3,(H,15,16)(H,17,18). The van der Waals surface area contributed by atoms with Crippen LogP contribution in [0.4, 0.5) is 0 Å². The molecule has 0 bridgehead atoms. The van der Waals surface area contributed by atoms with Crippen LogP contribution in [-0.4, -0.2) is 22.5 Å². The number of aryl methyl sites for hydroxylation is 2. The van der Waals surface area contributed by atoms with E-state index >= 15 is 0 Å². The lowest BCUT2D eigenvalue weighted by Gasteiger charge is -2.38. The number of carboxylic acid groups (broad SMARTS) is 1. The van der Waals surface area contributed by atoms with E-state index in [1.165, 1.54) is 0 Å². The summed E-state index contributed by atoms with van der Waals surface area (Å²) in [6.45, 7) is 3.81. The fourth-order valence-electron chi connectivity index (χ4n) is 2.28. The highest BCUT2D eigenvalue weighted by molar-refractivity contribution is 5.99. The molecular formula is C14H17NO3. The number of aliphatic carboxylic acids is 1. The van der Waals surface area contributed by atoms with Crippen LogP contribution in [0.3, 0.4) is 0 Å². The van der Waals surface area contributed by atoms with E-state index in [2.05, 4.69) is 5.32 Å². The topological polar surface area (TPSA) is 66.4 Å². The molecular weight excluding hydrogens is 230 g/mol. The van der Waals surface area contributed by atoms with Crippen molar-refractivity contribution in [2.45, 2.75) is 38.6 Å². The largest absolute Gasteiger partial charge is 0.480 e. The molecule has 4 nitrogen and oxygen atoms in total. The lowest BCUT2D eigenvalue weighted by Crippen LogP contribution is -2.59. The van der Waals surface area contributed by atoms with E-state index in [0.717, 1.165) is 17.5 Å². The maximum atomic E-state index is 12.1. The molecule has 0 aromatic heterocycles. The monoisotopic (exact) mass is 247 g/mol. The number of amides is 1. The molecule has 2 N–H and O–H groups in total. The van der Waals surface area contributed by atoms with Gasteiger partial charge in [-0.25, -0.2) is 4.79 Å². The number of carbonyl (C=O) groups is 2. The molecule has 1 amide bonds. The quantitative estimate of drug-likeness (QED) is 0.859. The van der Waals surface area contributed by atoms with E-state index in [-0.39, 0.29) is 5.91 Å². The lowest BCUT2D eigenvalue weighted by molar-refractivity contribution is -0.148. The van der Waals surface area contributed by atoms with E-state index in [9.17, 15) is 14.7 Å². The smallest absolute Gasteiger partial charge is 0.329 e. The van der Waals surface area contributed by atoms with Crippen molar-refractivity contribution in [1.29, 1.82) is 0 Å². The lowest BCUT2D eigenvalue weighted by atomic mass is 9.76. The summed E-state index contributed by atoms with van der Waals surface area (Å²) in [6.07, 6.45) is 1.87. The van der Waals surface area contributed by atoms with Crippen LogP contribution in [0, 0.1) is 13.8 Å². The number of benzene rings is 1. The second-order valence-corrected chi connectivity index (χ2v) is 5.01.